The van der Waals surface area contributed by atoms with Crippen LogP contribution in [0.25, 0.3) is 0 Å². The van der Waals surface area contributed by atoms with E-state index in [1.165, 1.54) is 5.69 Å². The van der Waals surface area contributed by atoms with Gasteiger partial charge in [0.15, 0.2) is 0 Å². The van der Waals surface area contributed by atoms with Crippen molar-refractivity contribution in [2.75, 3.05) is 55.0 Å². The number of anilines is 3. The highest BCUT2D eigenvalue weighted by atomic mass is 16.5. The van der Waals surface area contributed by atoms with Crippen LogP contribution < -0.4 is 19.9 Å². The third-order valence-electron chi connectivity index (χ3n) is 6.39. The number of carbonyl (C=O) groups is 2. The third kappa shape index (κ3) is 5.05. The smallest absolute Gasteiger partial charge is 0.241 e. The van der Waals surface area contributed by atoms with Crippen molar-refractivity contribution < 1.29 is 14.3 Å². The Balaban J connectivity index is 1.35. The van der Waals surface area contributed by atoms with Gasteiger partial charge >= 0.3 is 0 Å². The summed E-state index contributed by atoms with van der Waals surface area (Å²) in [5.74, 6) is 0.981. The predicted octanol–water partition coefficient (Wildman–Crippen LogP) is 3.36. The average molecular weight is 437 g/mol. The zero-order valence-corrected chi connectivity index (χ0v) is 18.9. The van der Waals surface area contributed by atoms with Crippen LogP contribution in [0.1, 0.15) is 26.2 Å². The largest absolute Gasteiger partial charge is 0.497 e. The number of nitrogens with one attached hydrogen (secondary N) is 1. The van der Waals surface area contributed by atoms with E-state index in [9.17, 15) is 9.59 Å². The van der Waals surface area contributed by atoms with Crippen LogP contribution >= 0.6 is 0 Å². The van der Waals surface area contributed by atoms with Crippen LogP contribution in [-0.2, 0) is 9.59 Å². The van der Waals surface area contributed by atoms with E-state index in [0.29, 0.717) is 6.42 Å². The van der Waals surface area contributed by atoms with Gasteiger partial charge in [-0.05, 0) is 62.2 Å². The third-order valence-corrected chi connectivity index (χ3v) is 6.39. The molecule has 0 bridgehead atoms. The Kier molecular flexibility index (Phi) is 6.95. The zero-order chi connectivity index (χ0) is 22.5. The SMILES string of the molecule is COc1ccc(N2CCCN(C(C)C(=O)Nc3cccc(N4CCCC4=O)c3)CC2)cc1. The van der Waals surface area contributed by atoms with Crippen molar-refractivity contribution in [2.45, 2.75) is 32.2 Å². The molecule has 1 atom stereocenters. The highest BCUT2D eigenvalue weighted by Gasteiger charge is 2.25. The fourth-order valence-electron chi connectivity index (χ4n) is 4.46. The summed E-state index contributed by atoms with van der Waals surface area (Å²) in [7, 11) is 1.67. The summed E-state index contributed by atoms with van der Waals surface area (Å²) in [6.45, 7) is 6.24. The lowest BCUT2D eigenvalue weighted by Crippen LogP contribution is -2.44. The van der Waals surface area contributed by atoms with Crippen molar-refractivity contribution in [3.05, 3.63) is 48.5 Å². The summed E-state index contributed by atoms with van der Waals surface area (Å²) in [5.41, 5.74) is 2.76. The number of nitrogens with zero attached hydrogens (tertiary/aromatic N) is 3. The van der Waals surface area contributed by atoms with Gasteiger partial charge < -0.3 is 19.9 Å². The molecule has 7 nitrogen and oxygen atoms in total. The summed E-state index contributed by atoms with van der Waals surface area (Å²) >= 11 is 0. The van der Waals surface area contributed by atoms with Crippen LogP contribution in [0.5, 0.6) is 5.75 Å². The number of hydrogen-bond donors (Lipinski definition) is 1. The van der Waals surface area contributed by atoms with Gasteiger partial charge in [-0.3, -0.25) is 14.5 Å². The number of hydrogen-bond acceptors (Lipinski definition) is 5. The van der Waals surface area contributed by atoms with Gasteiger partial charge in [0.05, 0.1) is 13.2 Å². The van der Waals surface area contributed by atoms with Gasteiger partial charge in [0.2, 0.25) is 11.8 Å². The first-order valence-electron chi connectivity index (χ1n) is 11.4. The number of ether oxygens (including phenoxy) is 1. The maximum Gasteiger partial charge on any atom is 0.241 e. The Labute approximate surface area is 189 Å². The molecule has 2 amide bonds. The van der Waals surface area contributed by atoms with E-state index in [2.05, 4.69) is 27.2 Å². The molecule has 2 heterocycles. The minimum atomic E-state index is -0.233. The molecular formula is C25H32N4O3. The number of carbonyl (C=O) groups excluding carboxylic acids is 2. The molecule has 7 heteroatoms. The Morgan fingerprint density at radius 1 is 0.969 bits per heavy atom. The van der Waals surface area contributed by atoms with Crippen LogP contribution in [0.2, 0.25) is 0 Å². The minimum Gasteiger partial charge on any atom is -0.497 e. The molecule has 4 rings (SSSR count). The number of amides is 2. The lowest BCUT2D eigenvalue weighted by atomic mass is 10.2. The molecule has 0 spiro atoms. The molecule has 2 aliphatic heterocycles. The highest BCUT2D eigenvalue weighted by Crippen LogP contribution is 2.25. The van der Waals surface area contributed by atoms with Gasteiger partial charge in [-0.25, -0.2) is 0 Å². The monoisotopic (exact) mass is 436 g/mol. The summed E-state index contributed by atoms with van der Waals surface area (Å²) in [4.78, 5) is 31.4. The molecule has 2 aliphatic rings. The average Bonchev–Trinajstić information content (AvgIpc) is 3.10. The molecule has 32 heavy (non-hydrogen) atoms. The summed E-state index contributed by atoms with van der Waals surface area (Å²) in [5, 5.41) is 3.05. The number of benzene rings is 2. The zero-order valence-electron chi connectivity index (χ0n) is 18.9. The second-order valence-corrected chi connectivity index (χ2v) is 8.44. The highest BCUT2D eigenvalue weighted by molar-refractivity contribution is 5.98. The van der Waals surface area contributed by atoms with Gasteiger partial charge in [-0.1, -0.05) is 6.07 Å². The standard InChI is InChI=1S/C25H32N4O3/c1-19(25(31)26-20-6-3-7-22(18-20)29-15-4-8-24(29)30)27-13-5-14-28(17-16-27)21-9-11-23(32-2)12-10-21/h3,6-7,9-12,18-19H,4-5,8,13-17H2,1-2H3,(H,26,31). The molecule has 2 aromatic carbocycles. The molecule has 0 aromatic heterocycles. The number of rotatable bonds is 6. The molecule has 2 aromatic rings. The van der Waals surface area contributed by atoms with E-state index in [0.717, 1.165) is 62.7 Å². The first kappa shape index (κ1) is 22.1. The summed E-state index contributed by atoms with van der Waals surface area (Å²) in [6, 6.07) is 15.5. The van der Waals surface area contributed by atoms with Gasteiger partial charge in [-0.2, -0.15) is 0 Å². The van der Waals surface area contributed by atoms with E-state index < -0.39 is 0 Å². The Morgan fingerprint density at radius 2 is 1.78 bits per heavy atom. The van der Waals surface area contributed by atoms with E-state index in [-0.39, 0.29) is 17.9 Å². The maximum absolute atomic E-state index is 13.0. The molecule has 170 valence electrons. The Morgan fingerprint density at radius 3 is 2.50 bits per heavy atom. The van der Waals surface area contributed by atoms with Crippen LogP contribution in [0.15, 0.2) is 48.5 Å². The van der Waals surface area contributed by atoms with Crippen molar-refractivity contribution in [2.24, 2.45) is 0 Å². The Bertz CT molecular complexity index is 946. The van der Waals surface area contributed by atoms with E-state index >= 15 is 0 Å². The second kappa shape index (κ2) is 10.0. The van der Waals surface area contributed by atoms with Crippen molar-refractivity contribution in [3.63, 3.8) is 0 Å². The van der Waals surface area contributed by atoms with E-state index in [1.54, 1.807) is 12.0 Å². The first-order chi connectivity index (χ1) is 15.5. The van der Waals surface area contributed by atoms with Crippen molar-refractivity contribution in [1.82, 2.24) is 4.90 Å². The van der Waals surface area contributed by atoms with E-state index in [4.69, 9.17) is 4.74 Å². The molecule has 0 radical (unpaired) electrons. The summed E-state index contributed by atoms with van der Waals surface area (Å²) < 4.78 is 5.26. The Hall–Kier alpha value is -3.06. The molecule has 0 aliphatic carbocycles. The summed E-state index contributed by atoms with van der Waals surface area (Å²) in [6.07, 6.45) is 2.47. The molecular weight excluding hydrogens is 404 g/mol. The molecule has 2 fully saturated rings. The van der Waals surface area contributed by atoms with Crippen LogP contribution in [0.4, 0.5) is 17.1 Å². The van der Waals surface area contributed by atoms with Crippen molar-refractivity contribution >= 4 is 28.9 Å². The topological polar surface area (TPSA) is 65.1 Å². The lowest BCUT2D eigenvalue weighted by Gasteiger charge is -2.27. The molecule has 1 N–H and O–H groups in total. The number of methoxy groups -OCH3 is 1. The fraction of sp³-hybridized carbons (Fsp3) is 0.440. The van der Waals surface area contributed by atoms with Crippen molar-refractivity contribution in [1.29, 1.82) is 0 Å². The van der Waals surface area contributed by atoms with Crippen LogP contribution in [0, 0.1) is 0 Å². The van der Waals surface area contributed by atoms with Gasteiger partial charge in [0, 0.05) is 56.2 Å². The van der Waals surface area contributed by atoms with Gasteiger partial charge in [0.1, 0.15) is 5.75 Å². The quantitative estimate of drug-likeness (QED) is 0.752. The molecule has 1 unspecified atom stereocenters. The fourth-order valence-corrected chi connectivity index (χ4v) is 4.46. The van der Waals surface area contributed by atoms with Gasteiger partial charge in [-0.15, -0.1) is 0 Å². The van der Waals surface area contributed by atoms with Crippen LogP contribution in [-0.4, -0.2) is 62.6 Å². The molecule has 0 saturated carbocycles. The predicted molar refractivity (Wildman–Crippen MR) is 128 cm³/mol. The van der Waals surface area contributed by atoms with Gasteiger partial charge in [0.25, 0.3) is 0 Å². The van der Waals surface area contributed by atoms with Crippen LogP contribution in [0.3, 0.4) is 0 Å². The first-order valence-corrected chi connectivity index (χ1v) is 11.4. The second-order valence-electron chi connectivity index (χ2n) is 8.44. The normalized spacial score (nSPS) is 18.4. The lowest BCUT2D eigenvalue weighted by molar-refractivity contribution is -0.120. The maximum atomic E-state index is 13.0. The van der Waals surface area contributed by atoms with E-state index in [1.807, 2.05) is 43.3 Å². The minimum absolute atomic E-state index is 0.0206. The molecule has 2 saturated heterocycles. The van der Waals surface area contributed by atoms with Crippen molar-refractivity contribution in [3.8, 4) is 5.75 Å².